The third-order valence-corrected chi connectivity index (χ3v) is 3.89. The molecule has 2 atom stereocenters. The van der Waals surface area contributed by atoms with Gasteiger partial charge in [-0.2, -0.15) is 0 Å². The molecule has 1 aromatic carbocycles. The van der Waals surface area contributed by atoms with E-state index < -0.39 is 0 Å². The number of ether oxygens (including phenoxy) is 1. The van der Waals surface area contributed by atoms with Crippen molar-refractivity contribution in [3.05, 3.63) is 35.4 Å². The van der Waals surface area contributed by atoms with E-state index in [1.54, 1.807) is 0 Å². The Morgan fingerprint density at radius 2 is 2.24 bits per heavy atom. The number of hydrogen-bond donors (Lipinski definition) is 1. The highest BCUT2D eigenvalue weighted by molar-refractivity contribution is 5.69. The average molecular weight is 290 g/mol. The van der Waals surface area contributed by atoms with Gasteiger partial charge in [0.2, 0.25) is 0 Å². The highest BCUT2D eigenvalue weighted by Crippen LogP contribution is 2.21. The summed E-state index contributed by atoms with van der Waals surface area (Å²) in [6.07, 6.45) is 1.38. The van der Waals surface area contributed by atoms with Crippen molar-refractivity contribution in [3.63, 3.8) is 0 Å². The third kappa shape index (κ3) is 5.14. The second-order valence-electron chi connectivity index (χ2n) is 6.05. The summed E-state index contributed by atoms with van der Waals surface area (Å²) in [5.74, 6) is 0.199. The SMILES string of the molecule is CCOC(=O)CC1CC(N)CN(Cc2cccc(C)c2)C1. The van der Waals surface area contributed by atoms with Gasteiger partial charge in [0, 0.05) is 32.1 Å². The van der Waals surface area contributed by atoms with Gasteiger partial charge in [0.1, 0.15) is 0 Å². The van der Waals surface area contributed by atoms with Gasteiger partial charge in [-0.15, -0.1) is 0 Å². The molecule has 0 aromatic heterocycles. The van der Waals surface area contributed by atoms with Crippen LogP contribution in [0.2, 0.25) is 0 Å². The minimum atomic E-state index is -0.105. The molecule has 1 aromatic rings. The number of aryl methyl sites for hydroxylation is 1. The molecule has 1 aliphatic heterocycles. The fourth-order valence-corrected chi connectivity index (χ4v) is 3.15. The van der Waals surface area contributed by atoms with Crippen LogP contribution in [0.5, 0.6) is 0 Å². The number of carbonyl (C=O) groups excluding carboxylic acids is 1. The van der Waals surface area contributed by atoms with Crippen molar-refractivity contribution in [3.8, 4) is 0 Å². The van der Waals surface area contributed by atoms with Gasteiger partial charge in [-0.05, 0) is 31.7 Å². The molecule has 4 nitrogen and oxygen atoms in total. The molecule has 1 aliphatic rings. The Hall–Kier alpha value is -1.39. The van der Waals surface area contributed by atoms with Crippen LogP contribution < -0.4 is 5.73 Å². The van der Waals surface area contributed by atoms with Crippen LogP contribution in [0.4, 0.5) is 0 Å². The van der Waals surface area contributed by atoms with Crippen molar-refractivity contribution in [2.45, 2.75) is 39.3 Å². The largest absolute Gasteiger partial charge is 0.466 e. The Morgan fingerprint density at radius 3 is 2.95 bits per heavy atom. The first kappa shape index (κ1) is 16.0. The summed E-state index contributed by atoms with van der Waals surface area (Å²) in [6.45, 7) is 7.11. The number of nitrogens with zero attached hydrogens (tertiary/aromatic N) is 1. The maximum Gasteiger partial charge on any atom is 0.306 e. The van der Waals surface area contributed by atoms with Crippen LogP contribution in [-0.2, 0) is 16.1 Å². The topological polar surface area (TPSA) is 55.6 Å². The Bertz CT molecular complexity index is 476. The molecule has 1 heterocycles. The predicted molar refractivity (Wildman–Crippen MR) is 83.8 cm³/mol. The molecule has 0 aliphatic carbocycles. The van der Waals surface area contributed by atoms with Crippen molar-refractivity contribution in [2.75, 3.05) is 19.7 Å². The summed E-state index contributed by atoms with van der Waals surface area (Å²) in [4.78, 5) is 14.0. The Balaban J connectivity index is 1.92. The van der Waals surface area contributed by atoms with E-state index in [0.29, 0.717) is 18.9 Å². The highest BCUT2D eigenvalue weighted by atomic mass is 16.5. The van der Waals surface area contributed by atoms with Crippen LogP contribution in [-0.4, -0.2) is 36.6 Å². The van der Waals surface area contributed by atoms with Gasteiger partial charge >= 0.3 is 5.97 Å². The molecule has 2 N–H and O–H groups in total. The van der Waals surface area contributed by atoms with E-state index in [0.717, 1.165) is 26.1 Å². The fraction of sp³-hybridized carbons (Fsp3) is 0.588. The van der Waals surface area contributed by atoms with Crippen LogP contribution in [0.25, 0.3) is 0 Å². The van der Waals surface area contributed by atoms with E-state index in [1.807, 2.05) is 6.92 Å². The number of rotatable bonds is 5. The van der Waals surface area contributed by atoms with E-state index in [9.17, 15) is 4.79 Å². The molecule has 116 valence electrons. The lowest BCUT2D eigenvalue weighted by atomic mass is 9.91. The molecule has 1 saturated heterocycles. The fourth-order valence-electron chi connectivity index (χ4n) is 3.15. The third-order valence-electron chi connectivity index (χ3n) is 3.89. The second-order valence-corrected chi connectivity index (χ2v) is 6.05. The molecule has 0 bridgehead atoms. The summed E-state index contributed by atoms with van der Waals surface area (Å²) >= 11 is 0. The summed E-state index contributed by atoms with van der Waals surface area (Å²) in [5, 5.41) is 0. The van der Waals surface area contributed by atoms with Crippen molar-refractivity contribution in [2.24, 2.45) is 11.7 Å². The molecule has 1 fully saturated rings. The Labute approximate surface area is 127 Å². The lowest BCUT2D eigenvalue weighted by Gasteiger charge is -2.36. The van der Waals surface area contributed by atoms with Gasteiger partial charge in [-0.1, -0.05) is 29.8 Å². The number of piperidine rings is 1. The number of hydrogen-bond acceptors (Lipinski definition) is 4. The lowest BCUT2D eigenvalue weighted by molar-refractivity contribution is -0.144. The van der Waals surface area contributed by atoms with Crippen LogP contribution >= 0.6 is 0 Å². The first-order valence-electron chi connectivity index (χ1n) is 7.76. The van der Waals surface area contributed by atoms with Gasteiger partial charge in [-0.25, -0.2) is 0 Å². The van der Waals surface area contributed by atoms with Crippen LogP contribution in [0, 0.1) is 12.8 Å². The molecule has 0 spiro atoms. The molecule has 0 radical (unpaired) electrons. The second kappa shape index (κ2) is 7.57. The average Bonchev–Trinajstić information content (AvgIpc) is 2.38. The van der Waals surface area contributed by atoms with Crippen molar-refractivity contribution < 1.29 is 9.53 Å². The number of carbonyl (C=O) groups is 1. The monoisotopic (exact) mass is 290 g/mol. The molecule has 4 heteroatoms. The zero-order chi connectivity index (χ0) is 15.2. The van der Waals surface area contributed by atoms with Gasteiger partial charge in [-0.3, -0.25) is 9.69 Å². The quantitative estimate of drug-likeness (QED) is 0.844. The summed E-state index contributed by atoms with van der Waals surface area (Å²) in [6, 6.07) is 8.69. The lowest BCUT2D eigenvalue weighted by Crippen LogP contribution is -2.47. The van der Waals surface area contributed by atoms with Gasteiger partial charge < -0.3 is 10.5 Å². The van der Waals surface area contributed by atoms with E-state index in [4.69, 9.17) is 10.5 Å². The van der Waals surface area contributed by atoms with Gasteiger partial charge in [0.05, 0.1) is 6.61 Å². The van der Waals surface area contributed by atoms with Gasteiger partial charge in [0.25, 0.3) is 0 Å². The van der Waals surface area contributed by atoms with E-state index in [2.05, 4.69) is 36.1 Å². The molecular formula is C17H26N2O2. The summed E-state index contributed by atoms with van der Waals surface area (Å²) in [5.41, 5.74) is 8.73. The minimum absolute atomic E-state index is 0.105. The molecule has 0 saturated carbocycles. The maximum absolute atomic E-state index is 11.6. The van der Waals surface area contributed by atoms with Crippen LogP contribution in [0.15, 0.2) is 24.3 Å². The minimum Gasteiger partial charge on any atom is -0.466 e. The molecule has 2 unspecified atom stereocenters. The Morgan fingerprint density at radius 1 is 1.43 bits per heavy atom. The number of likely N-dealkylation sites (tertiary alicyclic amines) is 1. The predicted octanol–water partition coefficient (Wildman–Crippen LogP) is 2.10. The first-order valence-corrected chi connectivity index (χ1v) is 7.76. The zero-order valence-corrected chi connectivity index (χ0v) is 13.0. The molecule has 2 rings (SSSR count). The van der Waals surface area contributed by atoms with Gasteiger partial charge in [0.15, 0.2) is 0 Å². The van der Waals surface area contributed by atoms with E-state index in [1.165, 1.54) is 11.1 Å². The van der Waals surface area contributed by atoms with Crippen molar-refractivity contribution in [1.82, 2.24) is 4.90 Å². The first-order chi connectivity index (χ1) is 10.1. The van der Waals surface area contributed by atoms with E-state index >= 15 is 0 Å². The maximum atomic E-state index is 11.6. The van der Waals surface area contributed by atoms with Crippen LogP contribution in [0.1, 0.15) is 30.9 Å². The van der Waals surface area contributed by atoms with E-state index in [-0.39, 0.29) is 12.0 Å². The number of esters is 1. The van der Waals surface area contributed by atoms with Crippen molar-refractivity contribution in [1.29, 1.82) is 0 Å². The summed E-state index contributed by atoms with van der Waals surface area (Å²) in [7, 11) is 0. The van der Waals surface area contributed by atoms with Crippen LogP contribution in [0.3, 0.4) is 0 Å². The smallest absolute Gasteiger partial charge is 0.306 e. The number of benzene rings is 1. The normalized spacial score (nSPS) is 23.0. The molecular weight excluding hydrogens is 264 g/mol. The summed E-state index contributed by atoms with van der Waals surface area (Å²) < 4.78 is 5.05. The van der Waals surface area contributed by atoms with Crippen molar-refractivity contribution >= 4 is 5.97 Å². The standard InChI is InChI=1S/C17H26N2O2/c1-3-21-17(20)9-15-8-16(18)12-19(11-15)10-14-6-4-5-13(2)7-14/h4-7,15-16H,3,8-12,18H2,1-2H3. The highest BCUT2D eigenvalue weighted by Gasteiger charge is 2.27. The molecule has 21 heavy (non-hydrogen) atoms. The molecule has 0 amide bonds. The zero-order valence-electron chi connectivity index (χ0n) is 13.0. The number of nitrogens with two attached hydrogens (primary N) is 1. The Kier molecular flexibility index (Phi) is 5.76.